The first kappa shape index (κ1) is 12.9. The zero-order chi connectivity index (χ0) is 12.9. The Hall–Kier alpha value is -0.160. The minimum atomic E-state index is -0.100. The van der Waals surface area contributed by atoms with Gasteiger partial charge in [0.2, 0.25) is 0 Å². The molecule has 1 N–H and O–H groups in total. The van der Waals surface area contributed by atoms with Gasteiger partial charge < -0.3 is 10.0 Å². The van der Waals surface area contributed by atoms with Crippen LogP contribution in [0.25, 0.3) is 0 Å². The molecule has 3 rings (SSSR count). The van der Waals surface area contributed by atoms with Crippen LogP contribution in [-0.2, 0) is 0 Å². The van der Waals surface area contributed by atoms with Crippen LogP contribution in [0.3, 0.4) is 0 Å². The number of fused-ring (bicyclic) bond motifs is 2. The number of hydrogen-bond acceptors (Lipinski definition) is 4. The fourth-order valence-corrected chi connectivity index (χ4v) is 4.41. The maximum Gasteiger partial charge on any atom is 0.0682 e. The third-order valence-electron chi connectivity index (χ3n) is 4.74. The summed E-state index contributed by atoms with van der Waals surface area (Å²) in [6.45, 7) is 11.4. The van der Waals surface area contributed by atoms with Gasteiger partial charge in [-0.15, -0.1) is 0 Å². The summed E-state index contributed by atoms with van der Waals surface area (Å²) < 4.78 is 0. The number of nitrogens with zero attached hydrogens (tertiary/aromatic N) is 3. The van der Waals surface area contributed by atoms with E-state index in [9.17, 15) is 5.11 Å². The largest absolute Gasteiger partial charge is 0.392 e. The molecule has 1 spiro atoms. The predicted molar refractivity (Wildman–Crippen MR) is 72.6 cm³/mol. The van der Waals surface area contributed by atoms with E-state index in [1.165, 1.54) is 26.2 Å². The first-order valence-corrected chi connectivity index (χ1v) is 7.34. The van der Waals surface area contributed by atoms with Crippen molar-refractivity contribution in [3.8, 4) is 0 Å². The second-order valence-electron chi connectivity index (χ2n) is 7.18. The Balaban J connectivity index is 1.75. The third-order valence-corrected chi connectivity index (χ3v) is 4.74. The van der Waals surface area contributed by atoms with Crippen molar-refractivity contribution in [1.82, 2.24) is 14.7 Å². The molecule has 104 valence electrons. The van der Waals surface area contributed by atoms with Crippen molar-refractivity contribution in [3.05, 3.63) is 0 Å². The Morgan fingerprint density at radius 1 is 1.22 bits per heavy atom. The van der Waals surface area contributed by atoms with E-state index in [0.29, 0.717) is 11.6 Å². The Morgan fingerprint density at radius 2 is 1.94 bits per heavy atom. The van der Waals surface area contributed by atoms with Crippen LogP contribution in [-0.4, -0.2) is 83.8 Å². The molecule has 0 radical (unpaired) electrons. The maximum absolute atomic E-state index is 9.97. The van der Waals surface area contributed by atoms with Gasteiger partial charge in [-0.05, 0) is 19.4 Å². The molecule has 0 unspecified atom stereocenters. The Morgan fingerprint density at radius 3 is 2.56 bits per heavy atom. The fourth-order valence-electron chi connectivity index (χ4n) is 4.41. The van der Waals surface area contributed by atoms with Crippen molar-refractivity contribution in [3.63, 3.8) is 0 Å². The number of aliphatic hydroxyl groups is 1. The van der Waals surface area contributed by atoms with Crippen LogP contribution in [0.5, 0.6) is 0 Å². The monoisotopic (exact) mass is 253 g/mol. The summed E-state index contributed by atoms with van der Waals surface area (Å²) in [6, 6.07) is 0.584. The van der Waals surface area contributed by atoms with Crippen LogP contribution in [0, 0.1) is 5.92 Å². The van der Waals surface area contributed by atoms with Crippen molar-refractivity contribution in [2.24, 2.45) is 5.92 Å². The number of rotatable bonds is 2. The molecule has 2 atom stereocenters. The highest BCUT2D eigenvalue weighted by atomic mass is 16.3. The molecule has 0 aromatic carbocycles. The lowest BCUT2D eigenvalue weighted by Crippen LogP contribution is -2.77. The predicted octanol–water partition coefficient (Wildman–Crippen LogP) is 0.0774. The Bertz CT molecular complexity index is 314. The minimum Gasteiger partial charge on any atom is -0.392 e. The Kier molecular flexibility index (Phi) is 3.17. The molecule has 3 heterocycles. The minimum absolute atomic E-state index is 0.100. The molecule has 18 heavy (non-hydrogen) atoms. The summed E-state index contributed by atoms with van der Waals surface area (Å²) in [4.78, 5) is 7.66. The third kappa shape index (κ3) is 2.09. The summed E-state index contributed by atoms with van der Waals surface area (Å²) in [6.07, 6.45) is 0.872. The van der Waals surface area contributed by atoms with E-state index in [1.54, 1.807) is 0 Å². The van der Waals surface area contributed by atoms with Crippen LogP contribution >= 0.6 is 0 Å². The number of likely N-dealkylation sites (tertiary alicyclic amines) is 1. The van der Waals surface area contributed by atoms with Crippen molar-refractivity contribution < 1.29 is 5.11 Å². The lowest BCUT2D eigenvalue weighted by molar-refractivity contribution is -0.106. The van der Waals surface area contributed by atoms with Gasteiger partial charge in [0.1, 0.15) is 0 Å². The van der Waals surface area contributed by atoms with Gasteiger partial charge in [0.15, 0.2) is 0 Å². The average molecular weight is 253 g/mol. The topological polar surface area (TPSA) is 30.0 Å². The van der Waals surface area contributed by atoms with Crippen LogP contribution in [0.4, 0.5) is 0 Å². The molecule has 4 heteroatoms. The zero-order valence-electron chi connectivity index (χ0n) is 12.0. The highest BCUT2D eigenvalue weighted by Gasteiger charge is 2.54. The number of likely N-dealkylation sites (N-methyl/N-ethyl adjacent to an activating group) is 1. The second-order valence-corrected chi connectivity index (χ2v) is 7.18. The summed E-state index contributed by atoms with van der Waals surface area (Å²) in [5.41, 5.74) is 0.337. The average Bonchev–Trinajstić information content (AvgIpc) is 2.55. The van der Waals surface area contributed by atoms with Crippen molar-refractivity contribution in [2.45, 2.75) is 38.0 Å². The molecular formula is C14H27N3O. The number of aliphatic hydroxyl groups excluding tert-OH is 1. The van der Waals surface area contributed by atoms with E-state index in [1.807, 2.05) is 0 Å². The molecule has 3 aliphatic rings. The normalized spacial score (nSPS) is 37.2. The molecule has 3 aliphatic heterocycles. The van der Waals surface area contributed by atoms with Gasteiger partial charge in [0, 0.05) is 45.3 Å². The van der Waals surface area contributed by atoms with Gasteiger partial charge in [-0.2, -0.15) is 0 Å². The molecular weight excluding hydrogens is 226 g/mol. The van der Waals surface area contributed by atoms with Gasteiger partial charge in [0.05, 0.1) is 11.6 Å². The number of hydrogen-bond donors (Lipinski definition) is 1. The summed E-state index contributed by atoms with van der Waals surface area (Å²) in [5, 5.41) is 9.97. The lowest BCUT2D eigenvalue weighted by Gasteiger charge is -2.60. The maximum atomic E-state index is 9.97. The Labute approximate surface area is 111 Å². The van der Waals surface area contributed by atoms with Crippen molar-refractivity contribution in [1.29, 1.82) is 0 Å². The SMILES string of the molecule is CC(C)CN1C[C@@H]2C[C@@H](O)CN2C2(CN(C)C2)C1. The second kappa shape index (κ2) is 4.44. The van der Waals surface area contributed by atoms with Crippen molar-refractivity contribution >= 4 is 0 Å². The highest BCUT2D eigenvalue weighted by Crippen LogP contribution is 2.38. The van der Waals surface area contributed by atoms with Gasteiger partial charge in [-0.3, -0.25) is 9.80 Å². The summed E-state index contributed by atoms with van der Waals surface area (Å²) in [5.74, 6) is 0.734. The summed E-state index contributed by atoms with van der Waals surface area (Å²) in [7, 11) is 2.20. The highest BCUT2D eigenvalue weighted by molar-refractivity contribution is 5.12. The molecule has 0 saturated carbocycles. The molecule has 0 aromatic rings. The first-order valence-electron chi connectivity index (χ1n) is 7.34. The van der Waals surface area contributed by atoms with Gasteiger partial charge in [0.25, 0.3) is 0 Å². The van der Waals surface area contributed by atoms with Gasteiger partial charge in [-0.25, -0.2) is 0 Å². The van der Waals surface area contributed by atoms with Crippen LogP contribution in [0.15, 0.2) is 0 Å². The lowest BCUT2D eigenvalue weighted by atomic mass is 9.84. The summed E-state index contributed by atoms with van der Waals surface area (Å²) >= 11 is 0. The molecule has 3 fully saturated rings. The van der Waals surface area contributed by atoms with Gasteiger partial charge in [-0.1, -0.05) is 13.8 Å². The molecule has 0 aliphatic carbocycles. The van der Waals surface area contributed by atoms with Crippen LogP contribution < -0.4 is 0 Å². The van der Waals surface area contributed by atoms with Crippen molar-refractivity contribution in [2.75, 3.05) is 46.3 Å². The molecule has 4 nitrogen and oxygen atoms in total. The zero-order valence-corrected chi connectivity index (χ0v) is 12.0. The molecule has 0 bridgehead atoms. The van der Waals surface area contributed by atoms with E-state index >= 15 is 0 Å². The number of β-amino-alcohol motifs (C(OH)–C–C–N with tert-alkyl or cyclic N) is 1. The molecule has 0 amide bonds. The van der Waals surface area contributed by atoms with Crippen LogP contribution in [0.2, 0.25) is 0 Å². The van der Waals surface area contributed by atoms with Gasteiger partial charge >= 0.3 is 0 Å². The van der Waals surface area contributed by atoms with E-state index in [2.05, 4.69) is 35.6 Å². The number of piperazine rings is 1. The first-order chi connectivity index (χ1) is 8.48. The quantitative estimate of drug-likeness (QED) is 0.755. The molecule has 0 aromatic heterocycles. The van der Waals surface area contributed by atoms with E-state index in [4.69, 9.17) is 0 Å². The van der Waals surface area contributed by atoms with E-state index < -0.39 is 0 Å². The van der Waals surface area contributed by atoms with Crippen LogP contribution in [0.1, 0.15) is 20.3 Å². The fraction of sp³-hybridized carbons (Fsp3) is 1.00. The van der Waals surface area contributed by atoms with E-state index in [0.717, 1.165) is 25.4 Å². The smallest absolute Gasteiger partial charge is 0.0682 e. The standard InChI is InChI=1S/C14H27N3O/c1-11(2)5-16-6-12-4-13(18)7-17(12)14(10-16)8-15(3)9-14/h11-13,18H,4-10H2,1-3H3/t12-,13+/m0/s1. The van der Waals surface area contributed by atoms with E-state index in [-0.39, 0.29) is 6.10 Å². The molecule has 3 saturated heterocycles.